The van der Waals surface area contributed by atoms with Crippen molar-refractivity contribution in [2.75, 3.05) is 0 Å². The van der Waals surface area contributed by atoms with Crippen molar-refractivity contribution < 1.29 is 23.8 Å². The van der Waals surface area contributed by atoms with Crippen LogP contribution in [0.15, 0.2) is 72.8 Å². The predicted molar refractivity (Wildman–Crippen MR) is 146 cm³/mol. The summed E-state index contributed by atoms with van der Waals surface area (Å²) in [5, 5.41) is 10.6. The molecular weight excluding hydrogens is 528 g/mol. The summed E-state index contributed by atoms with van der Waals surface area (Å²) < 4.78 is 20.1. The highest BCUT2D eigenvalue weighted by Gasteiger charge is 2.46. The lowest BCUT2D eigenvalue weighted by Gasteiger charge is -2.48. The topological polar surface area (TPSA) is 66.8 Å². The molecule has 3 aromatic carbocycles. The van der Waals surface area contributed by atoms with Crippen LogP contribution in [-0.4, -0.2) is 34.0 Å². The molecule has 200 valence electrons. The van der Waals surface area contributed by atoms with Gasteiger partial charge in [0.05, 0.1) is 6.04 Å². The van der Waals surface area contributed by atoms with Gasteiger partial charge in [0, 0.05) is 28.9 Å². The van der Waals surface area contributed by atoms with E-state index < -0.39 is 24.2 Å². The van der Waals surface area contributed by atoms with Crippen LogP contribution in [0.3, 0.4) is 0 Å². The van der Waals surface area contributed by atoms with E-state index in [4.69, 9.17) is 27.9 Å². The first-order valence-electron chi connectivity index (χ1n) is 12.7. The minimum atomic E-state index is -0.910. The maximum Gasteiger partial charge on any atom is 0.303 e. The maximum atomic E-state index is 14.2. The summed E-state index contributed by atoms with van der Waals surface area (Å²) in [6.45, 7) is 2.02. The zero-order valence-electron chi connectivity index (χ0n) is 21.0. The van der Waals surface area contributed by atoms with Gasteiger partial charge in [-0.15, -0.1) is 0 Å². The molecule has 0 aromatic heterocycles. The van der Waals surface area contributed by atoms with Crippen LogP contribution in [0, 0.1) is 5.82 Å². The lowest BCUT2D eigenvalue weighted by atomic mass is 9.88. The molecule has 8 heteroatoms. The molecule has 5 nitrogen and oxygen atoms in total. The number of carbonyl (C=O) groups is 2. The molecule has 4 rings (SSSR count). The van der Waals surface area contributed by atoms with E-state index in [0.717, 1.165) is 23.1 Å². The van der Waals surface area contributed by atoms with Gasteiger partial charge in [-0.05, 0) is 65.9 Å². The molecule has 3 aromatic rings. The second kappa shape index (κ2) is 12.7. The van der Waals surface area contributed by atoms with E-state index in [1.807, 2.05) is 36.1 Å². The van der Waals surface area contributed by atoms with E-state index in [9.17, 15) is 19.1 Å². The lowest BCUT2D eigenvalue weighted by molar-refractivity contribution is -0.180. The molecule has 0 saturated carbocycles. The number of halogens is 3. The SMILES string of the molecule is CCC[C@@H](CCC(=O)O)N1C(=O)[C@@H](Cc2ccc(F)cc2)O[C@H](c2ccc(Cl)cc2)[C@@H]1c1ccc(Cl)cc1. The molecule has 1 N–H and O–H groups in total. The fourth-order valence-electron chi connectivity index (χ4n) is 5.09. The molecule has 0 radical (unpaired) electrons. The van der Waals surface area contributed by atoms with Gasteiger partial charge in [-0.25, -0.2) is 4.39 Å². The fraction of sp³-hybridized carbons (Fsp3) is 0.333. The molecule has 1 fully saturated rings. The summed E-state index contributed by atoms with van der Waals surface area (Å²) in [4.78, 5) is 27.5. The Kier molecular flexibility index (Phi) is 9.42. The second-order valence-electron chi connectivity index (χ2n) is 9.54. The van der Waals surface area contributed by atoms with Gasteiger partial charge in [0.25, 0.3) is 5.91 Å². The Hall–Kier alpha value is -2.93. The molecule has 4 atom stereocenters. The summed E-state index contributed by atoms with van der Waals surface area (Å²) in [6.07, 6.45) is 0.530. The molecule has 1 aliphatic rings. The summed E-state index contributed by atoms with van der Waals surface area (Å²) in [6, 6.07) is 19.8. The number of carbonyl (C=O) groups excluding carboxylic acids is 1. The number of ether oxygens (including phenoxy) is 1. The molecule has 0 bridgehead atoms. The number of rotatable bonds is 10. The smallest absolute Gasteiger partial charge is 0.303 e. The Labute approximate surface area is 232 Å². The number of morpholine rings is 1. The molecule has 0 aliphatic carbocycles. The van der Waals surface area contributed by atoms with E-state index in [1.165, 1.54) is 12.1 Å². The highest BCUT2D eigenvalue weighted by Crippen LogP contribution is 2.45. The molecule has 1 amide bonds. The van der Waals surface area contributed by atoms with Gasteiger partial charge in [0.2, 0.25) is 0 Å². The first kappa shape index (κ1) is 28.1. The third kappa shape index (κ3) is 6.73. The quantitative estimate of drug-likeness (QED) is 0.281. The summed E-state index contributed by atoms with van der Waals surface area (Å²) in [5.41, 5.74) is 2.44. The third-order valence-electron chi connectivity index (χ3n) is 6.88. The molecule has 0 spiro atoms. The number of benzene rings is 3. The van der Waals surface area contributed by atoms with Crippen molar-refractivity contribution in [2.45, 2.75) is 63.3 Å². The molecule has 38 heavy (non-hydrogen) atoms. The Morgan fingerprint density at radius 1 is 0.947 bits per heavy atom. The Morgan fingerprint density at radius 3 is 2.08 bits per heavy atom. The van der Waals surface area contributed by atoms with Crippen molar-refractivity contribution >= 4 is 35.1 Å². The first-order chi connectivity index (χ1) is 18.3. The van der Waals surface area contributed by atoms with Crippen LogP contribution >= 0.6 is 23.2 Å². The van der Waals surface area contributed by atoms with E-state index in [-0.39, 0.29) is 30.6 Å². The van der Waals surface area contributed by atoms with Gasteiger partial charge in [-0.1, -0.05) is 72.9 Å². The highest BCUT2D eigenvalue weighted by molar-refractivity contribution is 6.30. The van der Waals surface area contributed by atoms with Crippen LogP contribution in [0.25, 0.3) is 0 Å². The zero-order chi connectivity index (χ0) is 27.2. The van der Waals surface area contributed by atoms with Crippen LogP contribution in [-0.2, 0) is 20.7 Å². The first-order valence-corrected chi connectivity index (χ1v) is 13.5. The van der Waals surface area contributed by atoms with Crippen LogP contribution in [0.2, 0.25) is 10.0 Å². The van der Waals surface area contributed by atoms with Crippen LogP contribution in [0.1, 0.15) is 61.4 Å². The Balaban J connectivity index is 1.82. The Morgan fingerprint density at radius 2 is 1.53 bits per heavy atom. The normalized spacial score (nSPS) is 20.4. The molecule has 1 aliphatic heterocycles. The van der Waals surface area contributed by atoms with Crippen LogP contribution in [0.5, 0.6) is 0 Å². The van der Waals surface area contributed by atoms with Crippen molar-refractivity contribution in [3.8, 4) is 0 Å². The molecule has 1 heterocycles. The second-order valence-corrected chi connectivity index (χ2v) is 10.4. The number of hydrogen-bond donors (Lipinski definition) is 1. The number of hydrogen-bond acceptors (Lipinski definition) is 3. The average Bonchev–Trinajstić information content (AvgIpc) is 2.90. The van der Waals surface area contributed by atoms with Gasteiger partial charge < -0.3 is 14.7 Å². The number of amides is 1. The lowest BCUT2D eigenvalue weighted by Crippen LogP contribution is -2.55. The van der Waals surface area contributed by atoms with Crippen molar-refractivity contribution in [3.63, 3.8) is 0 Å². The fourth-order valence-corrected chi connectivity index (χ4v) is 5.34. The van der Waals surface area contributed by atoms with E-state index in [2.05, 4.69) is 0 Å². The van der Waals surface area contributed by atoms with Crippen molar-refractivity contribution in [1.82, 2.24) is 4.90 Å². The van der Waals surface area contributed by atoms with Crippen molar-refractivity contribution in [3.05, 3.63) is 105 Å². The van der Waals surface area contributed by atoms with E-state index in [1.54, 1.807) is 36.4 Å². The number of carboxylic acids is 1. The van der Waals surface area contributed by atoms with Gasteiger partial charge in [0.1, 0.15) is 18.0 Å². The van der Waals surface area contributed by atoms with E-state index in [0.29, 0.717) is 22.9 Å². The largest absolute Gasteiger partial charge is 0.481 e. The van der Waals surface area contributed by atoms with Gasteiger partial charge in [-0.2, -0.15) is 0 Å². The van der Waals surface area contributed by atoms with Gasteiger partial charge in [-0.3, -0.25) is 9.59 Å². The minimum Gasteiger partial charge on any atom is -0.481 e. The van der Waals surface area contributed by atoms with Gasteiger partial charge in [0.15, 0.2) is 0 Å². The van der Waals surface area contributed by atoms with E-state index >= 15 is 0 Å². The molecule has 1 saturated heterocycles. The summed E-state index contributed by atoms with van der Waals surface area (Å²) >= 11 is 12.4. The summed E-state index contributed by atoms with van der Waals surface area (Å²) in [7, 11) is 0. The molecule has 0 unspecified atom stereocenters. The highest BCUT2D eigenvalue weighted by atomic mass is 35.5. The van der Waals surface area contributed by atoms with Crippen molar-refractivity contribution in [2.24, 2.45) is 0 Å². The number of carboxylic acid groups (broad SMARTS) is 1. The van der Waals surface area contributed by atoms with Gasteiger partial charge >= 0.3 is 5.97 Å². The third-order valence-corrected chi connectivity index (χ3v) is 7.38. The molecular formula is C30H30Cl2FNO4. The monoisotopic (exact) mass is 557 g/mol. The number of aliphatic carboxylic acids is 1. The van der Waals surface area contributed by atoms with Crippen LogP contribution in [0.4, 0.5) is 4.39 Å². The maximum absolute atomic E-state index is 14.2. The number of nitrogens with zero attached hydrogens (tertiary/aromatic N) is 1. The van der Waals surface area contributed by atoms with Crippen molar-refractivity contribution in [1.29, 1.82) is 0 Å². The average molecular weight is 558 g/mol. The summed E-state index contributed by atoms with van der Waals surface area (Å²) in [5.74, 6) is -1.49. The predicted octanol–water partition coefficient (Wildman–Crippen LogP) is 7.42. The minimum absolute atomic E-state index is 0.0586. The van der Waals surface area contributed by atoms with Crippen LogP contribution < -0.4 is 0 Å². The Bertz CT molecular complexity index is 1230. The zero-order valence-corrected chi connectivity index (χ0v) is 22.5. The standard InChI is InChI=1S/C30H30Cl2FNO4/c1-2-3-25(16-17-27(35)36)34-28(20-6-10-22(31)11-7-20)29(21-8-12-23(32)13-9-21)38-26(30(34)37)18-19-4-14-24(33)15-5-19/h4-15,25-26,28-29H,2-3,16-18H2,1H3,(H,35,36)/t25-,26+,28-,29+/m0/s1.